The van der Waals surface area contributed by atoms with Gasteiger partial charge in [0.05, 0.1) is 16.7 Å². The van der Waals surface area contributed by atoms with Crippen molar-refractivity contribution in [2.75, 3.05) is 5.32 Å². The second-order valence-electron chi connectivity index (χ2n) is 12.3. The van der Waals surface area contributed by atoms with Gasteiger partial charge in [0.15, 0.2) is 5.82 Å². The van der Waals surface area contributed by atoms with Crippen LogP contribution in [0.4, 0.5) is 5.69 Å². The fraction of sp³-hybridized carbons (Fsp3) is 0.371. The molecule has 2 aliphatic rings. The largest absolute Gasteiger partial charge is 0.478 e. The van der Waals surface area contributed by atoms with Crippen LogP contribution in [0.2, 0.25) is 0 Å². The Kier molecular flexibility index (Phi) is 8.12. The van der Waals surface area contributed by atoms with E-state index in [0.29, 0.717) is 41.6 Å². The first-order valence-corrected chi connectivity index (χ1v) is 15.5. The maximum absolute atomic E-state index is 13.7. The van der Waals surface area contributed by atoms with Crippen LogP contribution in [0.15, 0.2) is 66.9 Å². The number of carbonyl (C=O) groups is 3. The number of carboxylic acids is 1. The zero-order valence-corrected chi connectivity index (χ0v) is 25.3. The van der Waals surface area contributed by atoms with Crippen LogP contribution in [-0.2, 0) is 16.6 Å². The Labute approximate surface area is 257 Å². The third kappa shape index (κ3) is 5.78. The van der Waals surface area contributed by atoms with Gasteiger partial charge in [-0.3, -0.25) is 9.59 Å². The van der Waals surface area contributed by atoms with Gasteiger partial charge in [-0.25, -0.2) is 9.78 Å². The molecule has 2 heterocycles. The molecule has 0 radical (unpaired) electrons. The lowest BCUT2D eigenvalue weighted by Crippen LogP contribution is -2.55. The monoisotopic (exact) mass is 593 g/mol. The van der Waals surface area contributed by atoms with E-state index in [-0.39, 0.29) is 11.8 Å². The van der Waals surface area contributed by atoms with E-state index in [4.69, 9.17) is 10.1 Å². The second-order valence-corrected chi connectivity index (χ2v) is 12.3. The van der Waals surface area contributed by atoms with E-state index in [2.05, 4.69) is 32.8 Å². The maximum Gasteiger partial charge on any atom is 0.328 e. The highest BCUT2D eigenvalue weighted by molar-refractivity contribution is 6.05. The van der Waals surface area contributed by atoms with Crippen molar-refractivity contribution in [3.8, 4) is 11.5 Å². The summed E-state index contributed by atoms with van der Waals surface area (Å²) < 4.78 is 4.46. The normalized spacial score (nSPS) is 19.8. The van der Waals surface area contributed by atoms with Gasteiger partial charge in [-0.1, -0.05) is 44.7 Å². The van der Waals surface area contributed by atoms with Crippen LogP contribution in [0.1, 0.15) is 80.3 Å². The summed E-state index contributed by atoms with van der Waals surface area (Å²) in [6, 6.07) is 17.1. The minimum Gasteiger partial charge on any atom is -0.478 e. The van der Waals surface area contributed by atoms with Crippen molar-refractivity contribution in [3.05, 3.63) is 78.0 Å². The Morgan fingerprint density at radius 3 is 2.43 bits per heavy atom. The summed E-state index contributed by atoms with van der Waals surface area (Å²) in [5, 5.41) is 14.9. The van der Waals surface area contributed by atoms with Crippen molar-refractivity contribution in [2.45, 2.75) is 69.9 Å². The lowest BCUT2D eigenvalue weighted by atomic mass is 9.85. The number of carboxylic acid groups (broad SMARTS) is 1. The van der Waals surface area contributed by atoms with Crippen molar-refractivity contribution in [3.63, 3.8) is 0 Å². The number of nitrogens with one attached hydrogen (secondary N) is 2. The van der Waals surface area contributed by atoms with Gasteiger partial charge in [0.25, 0.3) is 5.91 Å². The molecule has 6 rings (SSSR count). The molecule has 2 amide bonds. The van der Waals surface area contributed by atoms with Crippen molar-refractivity contribution in [1.82, 2.24) is 19.4 Å². The molecule has 0 aliphatic heterocycles. The molecule has 0 saturated heterocycles. The molecular formula is C35H39N5O4. The van der Waals surface area contributed by atoms with Crippen LogP contribution < -0.4 is 10.6 Å². The molecule has 228 valence electrons. The number of benzene rings is 2. The van der Waals surface area contributed by atoms with Crippen LogP contribution in [-0.4, -0.2) is 42.5 Å². The summed E-state index contributed by atoms with van der Waals surface area (Å²) in [7, 11) is 2.03. The van der Waals surface area contributed by atoms with Gasteiger partial charge in [0.2, 0.25) is 5.91 Å². The summed E-state index contributed by atoms with van der Waals surface area (Å²) in [4.78, 5) is 43.2. The molecular weight excluding hydrogens is 554 g/mol. The Balaban J connectivity index is 1.26. The molecule has 2 aromatic carbocycles. The van der Waals surface area contributed by atoms with Gasteiger partial charge in [0, 0.05) is 36.6 Å². The van der Waals surface area contributed by atoms with Gasteiger partial charge >= 0.3 is 5.97 Å². The molecule has 3 N–H and O–H groups in total. The van der Waals surface area contributed by atoms with E-state index in [1.807, 2.05) is 37.5 Å². The summed E-state index contributed by atoms with van der Waals surface area (Å²) in [5.41, 5.74) is 3.59. The highest BCUT2D eigenvalue weighted by Crippen LogP contribution is 2.39. The minimum absolute atomic E-state index is 0.250. The fourth-order valence-electron chi connectivity index (χ4n) is 6.90. The van der Waals surface area contributed by atoms with Crippen LogP contribution in [0.3, 0.4) is 0 Å². The van der Waals surface area contributed by atoms with Crippen molar-refractivity contribution >= 4 is 40.6 Å². The Bertz CT molecular complexity index is 1730. The maximum atomic E-state index is 13.7. The second kappa shape index (κ2) is 12.1. The predicted molar refractivity (Wildman–Crippen MR) is 171 cm³/mol. The molecule has 44 heavy (non-hydrogen) atoms. The minimum atomic E-state index is -1.02. The van der Waals surface area contributed by atoms with Crippen LogP contribution in [0.5, 0.6) is 0 Å². The SMILES string of the molecule is C[C@@H]1CCCC[C@H]1n1c(-c2cccn2C)nc2cc(C(=O)NC3(C(=O)Nc4ccc(/C=C/C(=O)O)cc4)CCCC3)ccc21. The first-order chi connectivity index (χ1) is 21.2. The van der Waals surface area contributed by atoms with Crippen molar-refractivity contribution in [1.29, 1.82) is 0 Å². The summed E-state index contributed by atoms with van der Waals surface area (Å²) in [5.74, 6) is -0.121. The van der Waals surface area contributed by atoms with Crippen LogP contribution in [0, 0.1) is 5.92 Å². The van der Waals surface area contributed by atoms with Crippen molar-refractivity contribution in [2.24, 2.45) is 13.0 Å². The average molecular weight is 594 g/mol. The number of hydrogen-bond donors (Lipinski definition) is 3. The molecule has 2 atom stereocenters. The number of nitrogens with zero attached hydrogens (tertiary/aromatic N) is 3. The standard InChI is InChI=1S/C35H39N5O4/c1-23-8-3-4-9-28(23)40-29-17-14-25(22-27(29)37-32(40)30-10-7-21-39(30)2)33(43)38-35(19-5-6-20-35)34(44)36-26-15-11-24(12-16-26)13-18-31(41)42/h7,10-18,21-23,28H,3-6,8-9,19-20H2,1-2H3,(H,36,44)(H,38,43)(H,41,42)/b18-13+/t23-,28-/m1/s1. The number of aliphatic carboxylic acids is 1. The van der Waals surface area contributed by atoms with Gasteiger partial charge in [-0.15, -0.1) is 0 Å². The quantitative estimate of drug-likeness (QED) is 0.200. The first kappa shape index (κ1) is 29.4. The van der Waals surface area contributed by atoms with Gasteiger partial charge in [-0.05, 0) is 85.7 Å². The van der Waals surface area contributed by atoms with E-state index in [0.717, 1.165) is 47.9 Å². The molecule has 2 aliphatic carbocycles. The summed E-state index contributed by atoms with van der Waals surface area (Å²) in [6.07, 6.45) is 12.1. The smallest absolute Gasteiger partial charge is 0.328 e. The topological polar surface area (TPSA) is 118 Å². The number of imidazole rings is 1. The number of anilines is 1. The number of fused-ring (bicyclic) bond motifs is 1. The summed E-state index contributed by atoms with van der Waals surface area (Å²) in [6.45, 7) is 2.32. The zero-order chi connectivity index (χ0) is 30.8. The van der Waals surface area contributed by atoms with E-state index >= 15 is 0 Å². The highest BCUT2D eigenvalue weighted by Gasteiger charge is 2.42. The van der Waals surface area contributed by atoms with Gasteiger partial charge in [-0.2, -0.15) is 0 Å². The number of aromatic nitrogens is 3. The summed E-state index contributed by atoms with van der Waals surface area (Å²) >= 11 is 0. The van der Waals surface area contributed by atoms with Crippen LogP contribution in [0.25, 0.3) is 28.6 Å². The molecule has 4 aromatic rings. The first-order valence-electron chi connectivity index (χ1n) is 15.5. The molecule has 0 bridgehead atoms. The predicted octanol–water partition coefficient (Wildman–Crippen LogP) is 6.57. The van der Waals surface area contributed by atoms with Crippen LogP contribution >= 0.6 is 0 Å². The van der Waals surface area contributed by atoms with E-state index in [1.165, 1.54) is 25.3 Å². The number of hydrogen-bond acceptors (Lipinski definition) is 4. The third-order valence-corrected chi connectivity index (χ3v) is 9.35. The third-order valence-electron chi connectivity index (χ3n) is 9.35. The molecule has 2 fully saturated rings. The lowest BCUT2D eigenvalue weighted by molar-refractivity contribution is -0.131. The molecule has 9 heteroatoms. The van der Waals surface area contributed by atoms with E-state index in [9.17, 15) is 14.4 Å². The number of rotatable bonds is 8. The molecule has 0 spiro atoms. The number of carbonyl (C=O) groups excluding carboxylic acids is 2. The molecule has 9 nitrogen and oxygen atoms in total. The van der Waals surface area contributed by atoms with E-state index in [1.54, 1.807) is 24.3 Å². The number of aryl methyl sites for hydroxylation is 1. The van der Waals surface area contributed by atoms with Gasteiger partial charge < -0.3 is 24.9 Å². The highest BCUT2D eigenvalue weighted by atomic mass is 16.4. The Morgan fingerprint density at radius 2 is 1.75 bits per heavy atom. The zero-order valence-electron chi connectivity index (χ0n) is 25.3. The fourth-order valence-corrected chi connectivity index (χ4v) is 6.90. The Morgan fingerprint density at radius 1 is 1.00 bits per heavy atom. The lowest BCUT2D eigenvalue weighted by Gasteiger charge is -2.31. The Hall–Kier alpha value is -4.66. The molecule has 2 saturated carbocycles. The average Bonchev–Trinajstić information content (AvgIpc) is 3.75. The van der Waals surface area contributed by atoms with Crippen molar-refractivity contribution < 1.29 is 19.5 Å². The van der Waals surface area contributed by atoms with E-state index < -0.39 is 11.5 Å². The molecule has 2 aromatic heterocycles. The number of amides is 2. The molecule has 0 unspecified atom stereocenters. The van der Waals surface area contributed by atoms with Gasteiger partial charge in [0.1, 0.15) is 5.54 Å².